The zero-order chi connectivity index (χ0) is 9.36. The Kier molecular flexibility index (Phi) is 5.07. The molecule has 1 aliphatic rings. The highest BCUT2D eigenvalue weighted by molar-refractivity contribution is 5.13. The molecule has 0 aromatic rings. The second kappa shape index (κ2) is 6.53. The van der Waals surface area contributed by atoms with Crippen molar-refractivity contribution in [1.82, 2.24) is 0 Å². The number of hydrogen-bond donors (Lipinski definition) is 1. The highest BCUT2D eigenvalue weighted by Crippen LogP contribution is 2.10. The summed E-state index contributed by atoms with van der Waals surface area (Å²) in [6, 6.07) is 0. The molecule has 0 bridgehead atoms. The van der Waals surface area contributed by atoms with Gasteiger partial charge in [-0.15, -0.1) is 0 Å². The number of aliphatic hydroxyl groups excluding tert-OH is 1. The van der Waals surface area contributed by atoms with Gasteiger partial charge in [0.1, 0.15) is 0 Å². The molecule has 72 valence electrons. The standard InChI is InChI=1S/C12H18O/c13-12-10-8-6-4-2-1-3-5-7-9-11-12/h2,4,6,8,10,13H,1,3,5,7,9,11H2/b4-2+,8-6-,12-10-. The van der Waals surface area contributed by atoms with Gasteiger partial charge in [-0.25, -0.2) is 0 Å². The summed E-state index contributed by atoms with van der Waals surface area (Å²) in [5.74, 6) is 0.505. The highest BCUT2D eigenvalue weighted by Gasteiger charge is 1.93. The summed E-state index contributed by atoms with van der Waals surface area (Å²) >= 11 is 0. The minimum Gasteiger partial charge on any atom is -0.512 e. The smallest absolute Gasteiger partial charge is 0.0922 e. The van der Waals surface area contributed by atoms with Crippen LogP contribution in [-0.4, -0.2) is 5.11 Å². The fourth-order valence-corrected chi connectivity index (χ4v) is 1.41. The van der Waals surface area contributed by atoms with Crippen molar-refractivity contribution in [3.8, 4) is 0 Å². The van der Waals surface area contributed by atoms with Crippen molar-refractivity contribution >= 4 is 0 Å². The first-order chi connectivity index (χ1) is 6.39. The van der Waals surface area contributed by atoms with E-state index in [1.165, 1.54) is 25.7 Å². The molecule has 0 unspecified atom stereocenters. The molecule has 0 amide bonds. The van der Waals surface area contributed by atoms with Gasteiger partial charge >= 0.3 is 0 Å². The van der Waals surface area contributed by atoms with Gasteiger partial charge in [0.15, 0.2) is 0 Å². The molecule has 1 rings (SSSR count). The Labute approximate surface area is 80.5 Å². The molecule has 1 heteroatoms. The van der Waals surface area contributed by atoms with E-state index in [4.69, 9.17) is 0 Å². The Bertz CT molecular complexity index is 211. The molecule has 0 radical (unpaired) electrons. The first-order valence-electron chi connectivity index (χ1n) is 5.11. The normalized spacial score (nSPS) is 29.1. The molecule has 0 saturated heterocycles. The van der Waals surface area contributed by atoms with Gasteiger partial charge in [0.05, 0.1) is 5.76 Å². The Morgan fingerprint density at radius 3 is 2.69 bits per heavy atom. The molecule has 0 atom stereocenters. The zero-order valence-corrected chi connectivity index (χ0v) is 8.08. The van der Waals surface area contributed by atoms with Crippen molar-refractivity contribution in [2.75, 3.05) is 0 Å². The van der Waals surface area contributed by atoms with Gasteiger partial charge in [-0.05, 0) is 25.3 Å². The third kappa shape index (κ3) is 5.29. The van der Waals surface area contributed by atoms with Crippen LogP contribution in [0.1, 0.15) is 38.5 Å². The summed E-state index contributed by atoms with van der Waals surface area (Å²) in [7, 11) is 0. The first-order valence-corrected chi connectivity index (χ1v) is 5.11. The van der Waals surface area contributed by atoms with Crippen LogP contribution >= 0.6 is 0 Å². The van der Waals surface area contributed by atoms with Crippen molar-refractivity contribution in [1.29, 1.82) is 0 Å². The maximum atomic E-state index is 9.38. The second-order valence-corrected chi connectivity index (χ2v) is 3.42. The van der Waals surface area contributed by atoms with E-state index in [1.807, 2.05) is 18.2 Å². The molecular weight excluding hydrogens is 160 g/mol. The summed E-state index contributed by atoms with van der Waals surface area (Å²) in [5, 5.41) is 9.38. The van der Waals surface area contributed by atoms with Crippen molar-refractivity contribution in [3.05, 3.63) is 36.1 Å². The molecule has 0 aliphatic heterocycles. The summed E-state index contributed by atoms with van der Waals surface area (Å²) in [6.45, 7) is 0. The van der Waals surface area contributed by atoms with E-state index in [-0.39, 0.29) is 0 Å². The molecule has 1 nitrogen and oxygen atoms in total. The van der Waals surface area contributed by atoms with Crippen LogP contribution in [0, 0.1) is 0 Å². The minimum atomic E-state index is 0.505. The fraction of sp³-hybridized carbons (Fsp3) is 0.500. The van der Waals surface area contributed by atoms with Gasteiger partial charge in [-0.1, -0.05) is 37.1 Å². The van der Waals surface area contributed by atoms with Gasteiger partial charge in [0.2, 0.25) is 0 Å². The van der Waals surface area contributed by atoms with Crippen LogP contribution in [0.15, 0.2) is 36.1 Å². The van der Waals surface area contributed by atoms with E-state index >= 15 is 0 Å². The molecular formula is C12H18O. The lowest BCUT2D eigenvalue weighted by atomic mass is 10.1. The summed E-state index contributed by atoms with van der Waals surface area (Å²) < 4.78 is 0. The molecule has 1 N–H and O–H groups in total. The Balaban J connectivity index is 2.45. The zero-order valence-electron chi connectivity index (χ0n) is 8.08. The van der Waals surface area contributed by atoms with Crippen LogP contribution in [0.25, 0.3) is 0 Å². The van der Waals surface area contributed by atoms with Crippen LogP contribution in [0.4, 0.5) is 0 Å². The van der Waals surface area contributed by atoms with E-state index in [9.17, 15) is 5.11 Å². The maximum absolute atomic E-state index is 9.38. The monoisotopic (exact) mass is 178 g/mol. The van der Waals surface area contributed by atoms with E-state index < -0.39 is 0 Å². The Morgan fingerprint density at radius 1 is 0.923 bits per heavy atom. The van der Waals surface area contributed by atoms with E-state index in [2.05, 4.69) is 6.08 Å². The van der Waals surface area contributed by atoms with Crippen LogP contribution in [0.2, 0.25) is 0 Å². The molecule has 1 aliphatic carbocycles. The Morgan fingerprint density at radius 2 is 1.77 bits per heavy atom. The molecule has 13 heavy (non-hydrogen) atoms. The minimum absolute atomic E-state index is 0.505. The van der Waals surface area contributed by atoms with Gasteiger partial charge < -0.3 is 5.11 Å². The number of allylic oxidation sites excluding steroid dienone is 6. The predicted molar refractivity (Wildman–Crippen MR) is 56.7 cm³/mol. The lowest BCUT2D eigenvalue weighted by molar-refractivity contribution is 0.380. The fourth-order valence-electron chi connectivity index (χ4n) is 1.41. The number of aliphatic hydroxyl groups is 1. The van der Waals surface area contributed by atoms with E-state index in [0.717, 1.165) is 12.8 Å². The van der Waals surface area contributed by atoms with Crippen LogP contribution in [0.5, 0.6) is 0 Å². The summed E-state index contributed by atoms with van der Waals surface area (Å²) in [4.78, 5) is 0. The molecule has 0 aromatic carbocycles. The lowest BCUT2D eigenvalue weighted by Crippen LogP contribution is -1.83. The van der Waals surface area contributed by atoms with Crippen molar-refractivity contribution in [2.45, 2.75) is 38.5 Å². The lowest BCUT2D eigenvalue weighted by Gasteiger charge is -2.00. The predicted octanol–water partition coefficient (Wildman–Crippen LogP) is 3.89. The third-order valence-corrected chi connectivity index (χ3v) is 2.20. The number of hydrogen-bond acceptors (Lipinski definition) is 1. The topological polar surface area (TPSA) is 20.2 Å². The average molecular weight is 178 g/mol. The largest absolute Gasteiger partial charge is 0.512 e. The van der Waals surface area contributed by atoms with Gasteiger partial charge in [-0.2, -0.15) is 0 Å². The SMILES string of the molecule is O\C1=C/C=C\C=C\CCCCCC1. The summed E-state index contributed by atoms with van der Waals surface area (Å²) in [5.41, 5.74) is 0. The van der Waals surface area contributed by atoms with Crippen molar-refractivity contribution in [3.63, 3.8) is 0 Å². The molecule has 0 fully saturated rings. The van der Waals surface area contributed by atoms with Crippen molar-refractivity contribution in [2.24, 2.45) is 0 Å². The second-order valence-electron chi connectivity index (χ2n) is 3.42. The molecule has 0 aromatic heterocycles. The van der Waals surface area contributed by atoms with Crippen LogP contribution in [0.3, 0.4) is 0 Å². The van der Waals surface area contributed by atoms with Crippen LogP contribution in [-0.2, 0) is 0 Å². The van der Waals surface area contributed by atoms with Crippen molar-refractivity contribution < 1.29 is 5.11 Å². The van der Waals surface area contributed by atoms with Crippen LogP contribution < -0.4 is 0 Å². The van der Waals surface area contributed by atoms with Gasteiger partial charge in [0, 0.05) is 6.42 Å². The molecule has 0 spiro atoms. The quantitative estimate of drug-likeness (QED) is 0.596. The van der Waals surface area contributed by atoms with Gasteiger partial charge in [0.25, 0.3) is 0 Å². The first kappa shape index (κ1) is 10.1. The highest BCUT2D eigenvalue weighted by atomic mass is 16.3. The number of rotatable bonds is 0. The maximum Gasteiger partial charge on any atom is 0.0922 e. The van der Waals surface area contributed by atoms with E-state index in [0.29, 0.717) is 5.76 Å². The summed E-state index contributed by atoms with van der Waals surface area (Å²) in [6.07, 6.45) is 16.8. The van der Waals surface area contributed by atoms with E-state index in [1.54, 1.807) is 6.08 Å². The third-order valence-electron chi connectivity index (χ3n) is 2.20. The average Bonchev–Trinajstić information content (AvgIpc) is 2.11. The molecule has 0 heterocycles. The molecule has 0 saturated carbocycles. The Hall–Kier alpha value is -0.980. The van der Waals surface area contributed by atoms with Gasteiger partial charge in [-0.3, -0.25) is 0 Å².